The molecule has 0 saturated carbocycles. The zero-order valence-electron chi connectivity index (χ0n) is 14.7. The second kappa shape index (κ2) is 9.80. The summed E-state index contributed by atoms with van der Waals surface area (Å²) in [5, 5.41) is 0. The molecule has 0 radical (unpaired) electrons. The van der Waals surface area contributed by atoms with E-state index in [0.717, 1.165) is 5.57 Å². The number of hydrogen-bond acceptors (Lipinski definition) is 0. The highest BCUT2D eigenvalue weighted by Gasteiger charge is 1.89. The monoisotopic (exact) mass is 334 g/mol. The maximum atomic E-state index is 2.14. The van der Waals surface area contributed by atoms with Crippen molar-refractivity contribution in [2.24, 2.45) is 0 Å². The van der Waals surface area contributed by atoms with E-state index in [1.165, 1.54) is 16.7 Å². The van der Waals surface area contributed by atoms with Gasteiger partial charge in [-0.15, -0.1) is 0 Å². The molecule has 0 aliphatic heterocycles. The molecule has 0 aliphatic rings. The molecule has 0 bridgehead atoms. The average molecular weight is 334 g/mol. The Morgan fingerprint density at radius 3 is 1.27 bits per heavy atom. The minimum absolute atomic E-state index is 1.14. The lowest BCUT2D eigenvalue weighted by Gasteiger charge is -1.96. The van der Waals surface area contributed by atoms with Crippen LogP contribution < -0.4 is 0 Å². The molecule has 0 N–H and O–H groups in total. The van der Waals surface area contributed by atoms with Gasteiger partial charge in [0.15, 0.2) is 0 Å². The summed E-state index contributed by atoms with van der Waals surface area (Å²) in [6, 6.07) is 31.0. The van der Waals surface area contributed by atoms with Gasteiger partial charge in [-0.3, -0.25) is 0 Å². The topological polar surface area (TPSA) is 0 Å². The Labute approximate surface area is 156 Å². The molecule has 0 fully saturated rings. The van der Waals surface area contributed by atoms with Crippen molar-refractivity contribution in [2.75, 3.05) is 0 Å². The van der Waals surface area contributed by atoms with E-state index in [4.69, 9.17) is 0 Å². The van der Waals surface area contributed by atoms with Gasteiger partial charge in [0.1, 0.15) is 0 Å². The highest BCUT2D eigenvalue weighted by molar-refractivity contribution is 5.61. The predicted molar refractivity (Wildman–Crippen MR) is 115 cm³/mol. The molecule has 126 valence electrons. The minimum Gasteiger partial charge on any atom is -0.0622 e. The Morgan fingerprint density at radius 1 is 0.462 bits per heavy atom. The average Bonchev–Trinajstić information content (AvgIpc) is 2.72. The molecule has 26 heavy (non-hydrogen) atoms. The summed E-state index contributed by atoms with van der Waals surface area (Å²) in [6.07, 6.45) is 14.9. The van der Waals surface area contributed by atoms with Gasteiger partial charge in [-0.2, -0.15) is 0 Å². The first-order valence-electron chi connectivity index (χ1n) is 8.80. The Balaban J connectivity index is 1.80. The molecule has 3 aromatic rings. The van der Waals surface area contributed by atoms with Crippen LogP contribution in [0.5, 0.6) is 0 Å². The molecule has 0 heterocycles. The zero-order chi connectivity index (χ0) is 17.9. The standard InChI is InChI=1S/C26H22/c1-4-11-23(12-5-1)17-10-18-26(21-19-24-13-6-2-7-14-24)22-20-25-15-8-3-9-16-25/h1-22H/b17-10?,21-19+,22-20+. The van der Waals surface area contributed by atoms with Crippen LogP contribution in [0.4, 0.5) is 0 Å². The van der Waals surface area contributed by atoms with Crippen LogP contribution in [0.15, 0.2) is 121 Å². The SMILES string of the molecule is C(=Cc1ccccc1)C=C(/C=C/c1ccccc1)/C=C/c1ccccc1. The van der Waals surface area contributed by atoms with Crippen molar-refractivity contribution < 1.29 is 0 Å². The van der Waals surface area contributed by atoms with Crippen LogP contribution >= 0.6 is 0 Å². The van der Waals surface area contributed by atoms with Crippen molar-refractivity contribution in [3.05, 3.63) is 138 Å². The third kappa shape index (κ3) is 5.92. The van der Waals surface area contributed by atoms with E-state index in [0.29, 0.717) is 0 Å². The maximum absolute atomic E-state index is 2.14. The van der Waals surface area contributed by atoms with Gasteiger partial charge in [0.2, 0.25) is 0 Å². The van der Waals surface area contributed by atoms with Crippen molar-refractivity contribution in [3.63, 3.8) is 0 Å². The van der Waals surface area contributed by atoms with E-state index in [2.05, 4.69) is 115 Å². The third-order valence-electron chi connectivity index (χ3n) is 3.91. The normalized spacial score (nSPS) is 11.4. The van der Waals surface area contributed by atoms with E-state index in [1.54, 1.807) is 0 Å². The molecule has 0 amide bonds. The molecule has 3 rings (SSSR count). The lowest BCUT2D eigenvalue weighted by molar-refractivity contribution is 1.63. The van der Waals surface area contributed by atoms with Gasteiger partial charge in [-0.1, -0.05) is 134 Å². The molecule has 0 aliphatic carbocycles. The fourth-order valence-corrected chi connectivity index (χ4v) is 2.51. The van der Waals surface area contributed by atoms with Gasteiger partial charge in [0, 0.05) is 0 Å². The van der Waals surface area contributed by atoms with Crippen LogP contribution in [0.1, 0.15) is 16.7 Å². The van der Waals surface area contributed by atoms with Crippen molar-refractivity contribution in [1.29, 1.82) is 0 Å². The predicted octanol–water partition coefficient (Wildman–Crippen LogP) is 7.05. The van der Waals surface area contributed by atoms with Gasteiger partial charge in [0.05, 0.1) is 0 Å². The molecular formula is C26H22. The van der Waals surface area contributed by atoms with Crippen LogP contribution in [0, 0.1) is 0 Å². The lowest BCUT2D eigenvalue weighted by Crippen LogP contribution is -1.75. The van der Waals surface area contributed by atoms with E-state index in [1.807, 2.05) is 18.2 Å². The van der Waals surface area contributed by atoms with Gasteiger partial charge in [-0.05, 0) is 22.3 Å². The number of allylic oxidation sites excluding steroid dienone is 5. The molecule has 0 nitrogen and oxygen atoms in total. The molecule has 0 atom stereocenters. The van der Waals surface area contributed by atoms with Gasteiger partial charge in [-0.25, -0.2) is 0 Å². The highest BCUT2D eigenvalue weighted by Crippen LogP contribution is 2.11. The Morgan fingerprint density at radius 2 is 0.846 bits per heavy atom. The first kappa shape index (κ1) is 17.4. The summed E-state index contributed by atoms with van der Waals surface area (Å²) in [7, 11) is 0. The van der Waals surface area contributed by atoms with Crippen LogP contribution in [0.2, 0.25) is 0 Å². The minimum atomic E-state index is 1.14. The maximum Gasteiger partial charge on any atom is -0.0256 e. The molecule has 0 unspecified atom stereocenters. The van der Waals surface area contributed by atoms with Crippen molar-refractivity contribution in [1.82, 2.24) is 0 Å². The first-order chi connectivity index (χ1) is 12.9. The van der Waals surface area contributed by atoms with E-state index in [9.17, 15) is 0 Å². The third-order valence-corrected chi connectivity index (χ3v) is 3.91. The van der Waals surface area contributed by atoms with Gasteiger partial charge < -0.3 is 0 Å². The largest absolute Gasteiger partial charge is 0.0622 e. The molecule has 0 spiro atoms. The van der Waals surface area contributed by atoms with Crippen molar-refractivity contribution >= 4 is 18.2 Å². The Kier molecular flexibility index (Phi) is 6.58. The first-order valence-corrected chi connectivity index (χ1v) is 8.80. The fraction of sp³-hybridized carbons (Fsp3) is 0. The zero-order valence-corrected chi connectivity index (χ0v) is 14.7. The van der Waals surface area contributed by atoms with Crippen molar-refractivity contribution in [3.8, 4) is 0 Å². The second-order valence-corrected chi connectivity index (χ2v) is 5.92. The van der Waals surface area contributed by atoms with E-state index >= 15 is 0 Å². The summed E-state index contributed by atoms with van der Waals surface area (Å²) in [4.78, 5) is 0. The number of rotatable bonds is 6. The Hall–Kier alpha value is -3.38. The molecule has 0 heteroatoms. The van der Waals surface area contributed by atoms with Gasteiger partial charge >= 0.3 is 0 Å². The van der Waals surface area contributed by atoms with Crippen LogP contribution in [0.25, 0.3) is 18.2 Å². The Bertz CT molecular complexity index is 845. The fourth-order valence-electron chi connectivity index (χ4n) is 2.51. The molecule has 3 aromatic carbocycles. The quantitative estimate of drug-likeness (QED) is 0.424. The second-order valence-electron chi connectivity index (χ2n) is 5.92. The lowest BCUT2D eigenvalue weighted by atomic mass is 10.1. The van der Waals surface area contributed by atoms with Crippen LogP contribution in [-0.4, -0.2) is 0 Å². The molecule has 0 aromatic heterocycles. The highest BCUT2D eigenvalue weighted by atomic mass is 13.9. The number of benzene rings is 3. The van der Waals surface area contributed by atoms with Crippen LogP contribution in [-0.2, 0) is 0 Å². The van der Waals surface area contributed by atoms with Gasteiger partial charge in [0.25, 0.3) is 0 Å². The van der Waals surface area contributed by atoms with E-state index in [-0.39, 0.29) is 0 Å². The van der Waals surface area contributed by atoms with Crippen molar-refractivity contribution in [2.45, 2.75) is 0 Å². The molecular weight excluding hydrogens is 312 g/mol. The summed E-state index contributed by atoms with van der Waals surface area (Å²) in [5.41, 5.74) is 4.73. The summed E-state index contributed by atoms with van der Waals surface area (Å²) in [6.45, 7) is 0. The van der Waals surface area contributed by atoms with E-state index < -0.39 is 0 Å². The summed E-state index contributed by atoms with van der Waals surface area (Å²) < 4.78 is 0. The van der Waals surface area contributed by atoms with Crippen LogP contribution in [0.3, 0.4) is 0 Å². The number of hydrogen-bond donors (Lipinski definition) is 0. The smallest absolute Gasteiger partial charge is 0.0256 e. The summed E-state index contributed by atoms with van der Waals surface area (Å²) >= 11 is 0. The summed E-state index contributed by atoms with van der Waals surface area (Å²) in [5.74, 6) is 0. The molecule has 0 saturated heterocycles.